The number of benzene rings is 1. The maximum absolute atomic E-state index is 9.11. The first-order valence-electron chi connectivity index (χ1n) is 4.63. The summed E-state index contributed by atoms with van der Waals surface area (Å²) in [6, 6.07) is 8.22. The van der Waals surface area contributed by atoms with Crippen LogP contribution < -0.4 is 0 Å². The van der Waals surface area contributed by atoms with E-state index in [9.17, 15) is 0 Å². The average Bonchev–Trinajstić information content (AvgIpc) is 2.75. The second-order valence-corrected chi connectivity index (χ2v) is 3.47. The van der Waals surface area contributed by atoms with Crippen molar-refractivity contribution in [1.29, 1.82) is 0 Å². The summed E-state index contributed by atoms with van der Waals surface area (Å²) in [6.07, 6.45) is 1.74. The average molecular weight is 186 g/mol. The summed E-state index contributed by atoms with van der Waals surface area (Å²) in [6.45, 7) is 0.891. The van der Waals surface area contributed by atoms with E-state index in [0.717, 1.165) is 18.1 Å². The zero-order valence-electron chi connectivity index (χ0n) is 7.64. The lowest BCUT2D eigenvalue weighted by atomic mass is 10.1. The number of aliphatic hydroxyl groups is 1. The standard InChI is InChI=1S/C11H10N2O/c14-7-9-5-12-11-10-4-2-1-3-8(10)6-13(9)11/h1-5,14H,6-7H2. The Labute approximate surface area is 81.6 Å². The summed E-state index contributed by atoms with van der Waals surface area (Å²) >= 11 is 0. The van der Waals surface area contributed by atoms with Crippen molar-refractivity contribution < 1.29 is 5.11 Å². The molecule has 0 atom stereocenters. The van der Waals surface area contributed by atoms with E-state index >= 15 is 0 Å². The zero-order chi connectivity index (χ0) is 9.54. The van der Waals surface area contributed by atoms with E-state index in [1.165, 1.54) is 11.1 Å². The molecule has 1 aromatic carbocycles. The minimum atomic E-state index is 0.0565. The molecule has 2 aromatic rings. The number of rotatable bonds is 1. The van der Waals surface area contributed by atoms with Crippen molar-refractivity contribution in [2.24, 2.45) is 0 Å². The van der Waals surface area contributed by atoms with Gasteiger partial charge in [0, 0.05) is 5.56 Å². The second kappa shape index (κ2) is 2.69. The number of nitrogens with zero attached hydrogens (tertiary/aromatic N) is 2. The molecule has 3 rings (SSSR count). The van der Waals surface area contributed by atoms with Crippen molar-refractivity contribution in [2.45, 2.75) is 13.2 Å². The van der Waals surface area contributed by atoms with Gasteiger partial charge in [-0.15, -0.1) is 0 Å². The fourth-order valence-electron chi connectivity index (χ4n) is 1.98. The third kappa shape index (κ3) is 0.873. The Morgan fingerprint density at radius 1 is 1.36 bits per heavy atom. The van der Waals surface area contributed by atoms with Crippen molar-refractivity contribution in [2.75, 3.05) is 0 Å². The predicted molar refractivity (Wildman–Crippen MR) is 52.7 cm³/mol. The highest BCUT2D eigenvalue weighted by atomic mass is 16.3. The normalized spacial score (nSPS) is 12.6. The maximum Gasteiger partial charge on any atom is 0.140 e. The van der Waals surface area contributed by atoms with Gasteiger partial charge in [0.1, 0.15) is 5.82 Å². The fraction of sp³-hybridized carbons (Fsp3) is 0.182. The molecule has 0 radical (unpaired) electrons. The topological polar surface area (TPSA) is 38.1 Å². The minimum absolute atomic E-state index is 0.0565. The van der Waals surface area contributed by atoms with Crippen LogP contribution in [0.25, 0.3) is 11.4 Å². The molecule has 0 saturated heterocycles. The quantitative estimate of drug-likeness (QED) is 0.624. The fourth-order valence-corrected chi connectivity index (χ4v) is 1.98. The summed E-state index contributed by atoms with van der Waals surface area (Å²) < 4.78 is 2.06. The monoisotopic (exact) mass is 186 g/mol. The lowest BCUT2D eigenvalue weighted by Gasteiger charge is -1.99. The first-order valence-corrected chi connectivity index (χ1v) is 4.63. The molecule has 3 nitrogen and oxygen atoms in total. The Kier molecular flexibility index (Phi) is 1.49. The molecular formula is C11H10N2O. The molecule has 0 aliphatic carbocycles. The van der Waals surface area contributed by atoms with Crippen molar-refractivity contribution in [3.8, 4) is 11.4 Å². The molecule has 1 N–H and O–H groups in total. The first kappa shape index (κ1) is 7.76. The van der Waals surface area contributed by atoms with Crippen LogP contribution in [0.5, 0.6) is 0 Å². The molecular weight excluding hydrogens is 176 g/mol. The van der Waals surface area contributed by atoms with Gasteiger partial charge < -0.3 is 9.67 Å². The number of aliphatic hydroxyl groups excluding tert-OH is 1. The molecule has 0 saturated carbocycles. The van der Waals surface area contributed by atoms with Gasteiger partial charge in [-0.2, -0.15) is 0 Å². The first-order chi connectivity index (χ1) is 6.90. The van der Waals surface area contributed by atoms with Gasteiger partial charge in [-0.25, -0.2) is 4.98 Å². The maximum atomic E-state index is 9.11. The van der Waals surface area contributed by atoms with Gasteiger partial charge in [-0.3, -0.25) is 0 Å². The molecule has 0 amide bonds. The third-order valence-corrected chi connectivity index (χ3v) is 2.69. The van der Waals surface area contributed by atoms with E-state index in [1.807, 2.05) is 12.1 Å². The molecule has 0 fully saturated rings. The van der Waals surface area contributed by atoms with Gasteiger partial charge >= 0.3 is 0 Å². The minimum Gasteiger partial charge on any atom is -0.390 e. The molecule has 70 valence electrons. The number of hydrogen-bond donors (Lipinski definition) is 1. The van der Waals surface area contributed by atoms with Crippen LogP contribution in [-0.4, -0.2) is 14.7 Å². The van der Waals surface area contributed by atoms with Gasteiger partial charge in [0.2, 0.25) is 0 Å². The smallest absolute Gasteiger partial charge is 0.140 e. The van der Waals surface area contributed by atoms with E-state index in [-0.39, 0.29) is 6.61 Å². The number of imidazole rings is 1. The molecule has 0 spiro atoms. The van der Waals surface area contributed by atoms with Gasteiger partial charge in [-0.05, 0) is 5.56 Å². The van der Waals surface area contributed by atoms with E-state index in [4.69, 9.17) is 5.11 Å². The van der Waals surface area contributed by atoms with Crippen LogP contribution in [0.1, 0.15) is 11.3 Å². The lowest BCUT2D eigenvalue weighted by molar-refractivity contribution is 0.272. The van der Waals surface area contributed by atoms with Crippen LogP contribution >= 0.6 is 0 Å². The Morgan fingerprint density at radius 2 is 2.21 bits per heavy atom. The van der Waals surface area contributed by atoms with Crippen LogP contribution in [0.2, 0.25) is 0 Å². The highest BCUT2D eigenvalue weighted by Crippen LogP contribution is 2.31. The van der Waals surface area contributed by atoms with Crippen molar-refractivity contribution in [3.05, 3.63) is 41.7 Å². The van der Waals surface area contributed by atoms with E-state index in [1.54, 1.807) is 6.20 Å². The Bertz CT molecular complexity index is 488. The molecule has 2 heterocycles. The van der Waals surface area contributed by atoms with Crippen molar-refractivity contribution in [1.82, 2.24) is 9.55 Å². The van der Waals surface area contributed by atoms with E-state index in [0.29, 0.717) is 0 Å². The second-order valence-electron chi connectivity index (χ2n) is 3.47. The van der Waals surface area contributed by atoms with E-state index in [2.05, 4.69) is 21.7 Å². The lowest BCUT2D eigenvalue weighted by Crippen LogP contribution is -1.98. The molecule has 1 aliphatic rings. The summed E-state index contributed by atoms with van der Waals surface area (Å²) in [7, 11) is 0. The van der Waals surface area contributed by atoms with E-state index < -0.39 is 0 Å². The van der Waals surface area contributed by atoms with Crippen molar-refractivity contribution in [3.63, 3.8) is 0 Å². The van der Waals surface area contributed by atoms with Crippen LogP contribution in [0.15, 0.2) is 30.5 Å². The number of aromatic nitrogens is 2. The Hall–Kier alpha value is -1.61. The summed E-state index contributed by atoms with van der Waals surface area (Å²) in [5, 5.41) is 9.11. The van der Waals surface area contributed by atoms with Crippen LogP contribution in [-0.2, 0) is 13.2 Å². The predicted octanol–water partition coefficient (Wildman–Crippen LogP) is 1.40. The molecule has 1 aliphatic heterocycles. The molecule has 14 heavy (non-hydrogen) atoms. The van der Waals surface area contributed by atoms with Gasteiger partial charge in [0.25, 0.3) is 0 Å². The van der Waals surface area contributed by atoms with Gasteiger partial charge in [0.05, 0.1) is 25.0 Å². The summed E-state index contributed by atoms with van der Waals surface area (Å²) in [5.74, 6) is 0.977. The van der Waals surface area contributed by atoms with Crippen molar-refractivity contribution >= 4 is 0 Å². The zero-order valence-corrected chi connectivity index (χ0v) is 7.64. The Morgan fingerprint density at radius 3 is 3.07 bits per heavy atom. The summed E-state index contributed by atoms with van der Waals surface area (Å²) in [4.78, 5) is 4.31. The highest BCUT2D eigenvalue weighted by Gasteiger charge is 2.20. The van der Waals surface area contributed by atoms with Crippen LogP contribution in [0, 0.1) is 0 Å². The SMILES string of the molecule is OCc1cnc2n1Cc1ccccc1-2. The highest BCUT2D eigenvalue weighted by molar-refractivity contribution is 5.65. The van der Waals surface area contributed by atoms with Gasteiger partial charge in [-0.1, -0.05) is 24.3 Å². The molecule has 1 aromatic heterocycles. The van der Waals surface area contributed by atoms with Crippen LogP contribution in [0.4, 0.5) is 0 Å². The molecule has 3 heteroatoms. The Balaban J connectivity index is 2.23. The third-order valence-electron chi connectivity index (χ3n) is 2.69. The van der Waals surface area contributed by atoms with Gasteiger partial charge in [0.15, 0.2) is 0 Å². The number of fused-ring (bicyclic) bond motifs is 3. The number of hydrogen-bond acceptors (Lipinski definition) is 2. The molecule has 0 unspecified atom stereocenters. The molecule has 0 bridgehead atoms. The largest absolute Gasteiger partial charge is 0.390 e. The van der Waals surface area contributed by atoms with Crippen LogP contribution in [0.3, 0.4) is 0 Å². The summed E-state index contributed by atoms with van der Waals surface area (Å²) in [5.41, 5.74) is 3.36.